The fourth-order valence-corrected chi connectivity index (χ4v) is 2.76. The number of methoxy groups -OCH3 is 1. The van der Waals surface area contributed by atoms with E-state index in [-0.39, 0.29) is 0 Å². The SMILES string of the molecule is COc1ccc(-c2ccc3c(ccc4ccccc43)[o+]2)cc1.F[B-](F)(F)F. The zero-order valence-corrected chi connectivity index (χ0v) is 14.3. The first kappa shape index (κ1) is 18.7. The van der Waals surface area contributed by atoms with E-state index in [1.54, 1.807) is 7.11 Å². The van der Waals surface area contributed by atoms with Crippen LogP contribution >= 0.6 is 0 Å². The van der Waals surface area contributed by atoms with Crippen LogP contribution in [0.4, 0.5) is 17.3 Å². The van der Waals surface area contributed by atoms with Crippen LogP contribution in [-0.4, -0.2) is 14.4 Å². The highest BCUT2D eigenvalue weighted by molar-refractivity contribution is 6.50. The number of hydrogen-bond donors (Lipinski definition) is 0. The van der Waals surface area contributed by atoms with E-state index in [1.165, 1.54) is 10.8 Å². The van der Waals surface area contributed by atoms with Gasteiger partial charge in [-0.3, -0.25) is 0 Å². The molecule has 138 valence electrons. The Balaban J connectivity index is 0.000000376. The number of benzene rings is 3. The Morgan fingerprint density at radius 3 is 2.07 bits per heavy atom. The summed E-state index contributed by atoms with van der Waals surface area (Å²) in [5, 5.41) is 3.57. The molecule has 0 aliphatic carbocycles. The maximum Gasteiger partial charge on any atom is 0.673 e. The van der Waals surface area contributed by atoms with Gasteiger partial charge in [-0.05, 0) is 47.2 Å². The van der Waals surface area contributed by atoms with Gasteiger partial charge in [-0.15, -0.1) is 0 Å². The largest absolute Gasteiger partial charge is 0.673 e. The Bertz CT molecular complexity index is 1060. The molecular weight excluding hydrogens is 359 g/mol. The summed E-state index contributed by atoms with van der Waals surface area (Å²) in [6.45, 7) is 0. The number of fused-ring (bicyclic) bond motifs is 3. The van der Waals surface area contributed by atoms with Gasteiger partial charge in [0.05, 0.1) is 18.1 Å². The first-order valence-electron chi connectivity index (χ1n) is 8.11. The first-order chi connectivity index (χ1) is 12.8. The van der Waals surface area contributed by atoms with Crippen LogP contribution in [0.15, 0.2) is 77.2 Å². The van der Waals surface area contributed by atoms with Crippen LogP contribution in [0.2, 0.25) is 0 Å². The van der Waals surface area contributed by atoms with Crippen LogP contribution in [0.5, 0.6) is 5.75 Å². The van der Waals surface area contributed by atoms with E-state index < -0.39 is 7.25 Å². The summed E-state index contributed by atoms with van der Waals surface area (Å²) in [5.74, 6) is 1.70. The molecule has 3 aromatic carbocycles. The highest BCUT2D eigenvalue weighted by atomic mass is 19.5. The summed E-state index contributed by atoms with van der Waals surface area (Å²) in [4.78, 5) is 0. The van der Waals surface area contributed by atoms with Gasteiger partial charge < -0.3 is 22.0 Å². The van der Waals surface area contributed by atoms with Gasteiger partial charge in [-0.25, -0.2) is 4.42 Å². The molecule has 0 fully saturated rings. The molecule has 0 spiro atoms. The van der Waals surface area contributed by atoms with Crippen LogP contribution in [0.3, 0.4) is 0 Å². The van der Waals surface area contributed by atoms with E-state index in [4.69, 9.17) is 9.15 Å². The van der Waals surface area contributed by atoms with E-state index in [0.717, 1.165) is 28.0 Å². The van der Waals surface area contributed by atoms with E-state index in [1.807, 2.05) is 36.4 Å². The average Bonchev–Trinajstić information content (AvgIpc) is 2.66. The maximum absolute atomic E-state index is 9.75. The minimum Gasteiger partial charge on any atom is -0.497 e. The van der Waals surface area contributed by atoms with Crippen molar-refractivity contribution in [3.05, 3.63) is 72.8 Å². The molecule has 0 amide bonds. The second-order valence-electron chi connectivity index (χ2n) is 5.72. The summed E-state index contributed by atoms with van der Waals surface area (Å²) < 4.78 is 50.3. The first-order valence-corrected chi connectivity index (χ1v) is 8.11. The van der Waals surface area contributed by atoms with Crippen molar-refractivity contribution in [3.63, 3.8) is 0 Å². The highest BCUT2D eigenvalue weighted by Gasteiger charge is 2.20. The van der Waals surface area contributed by atoms with Gasteiger partial charge in [-0.2, -0.15) is 0 Å². The molecule has 0 N–H and O–H groups in total. The lowest BCUT2D eigenvalue weighted by Crippen LogP contribution is -2.02. The van der Waals surface area contributed by atoms with Crippen LogP contribution in [-0.2, 0) is 0 Å². The Hall–Kier alpha value is -3.09. The molecule has 0 saturated heterocycles. The summed E-state index contributed by atoms with van der Waals surface area (Å²) in [7, 11) is -4.33. The predicted octanol–water partition coefficient (Wildman–Crippen LogP) is 6.84. The minimum absolute atomic E-state index is 0.843. The highest BCUT2D eigenvalue weighted by Crippen LogP contribution is 2.30. The van der Waals surface area contributed by atoms with Crippen molar-refractivity contribution in [2.45, 2.75) is 0 Å². The van der Waals surface area contributed by atoms with Gasteiger partial charge in [0.15, 0.2) is 0 Å². The fraction of sp³-hybridized carbons (Fsp3) is 0.0500. The van der Waals surface area contributed by atoms with Crippen LogP contribution < -0.4 is 4.74 Å². The lowest BCUT2D eigenvalue weighted by Gasteiger charge is -2.00. The third-order valence-corrected chi connectivity index (χ3v) is 3.93. The third-order valence-electron chi connectivity index (χ3n) is 3.93. The summed E-state index contributed by atoms with van der Waals surface area (Å²) >= 11 is 0. The third kappa shape index (κ3) is 4.75. The summed E-state index contributed by atoms with van der Waals surface area (Å²) in [6, 6.07) is 24.5. The maximum atomic E-state index is 9.75. The second-order valence-corrected chi connectivity index (χ2v) is 5.72. The van der Waals surface area contributed by atoms with E-state index in [0.29, 0.717) is 0 Å². The van der Waals surface area contributed by atoms with Crippen molar-refractivity contribution in [1.82, 2.24) is 0 Å². The molecule has 1 heterocycles. The fourth-order valence-electron chi connectivity index (χ4n) is 2.76. The van der Waals surface area contributed by atoms with Crippen molar-refractivity contribution in [2.75, 3.05) is 7.11 Å². The minimum atomic E-state index is -6.00. The van der Waals surface area contributed by atoms with Gasteiger partial charge in [0.2, 0.25) is 0 Å². The topological polar surface area (TPSA) is 20.5 Å². The molecule has 2 nitrogen and oxygen atoms in total. The lowest BCUT2D eigenvalue weighted by atomic mass is 10.1. The van der Waals surface area contributed by atoms with Crippen LogP contribution in [0, 0.1) is 0 Å². The van der Waals surface area contributed by atoms with Gasteiger partial charge in [0.25, 0.3) is 0 Å². The Kier molecular flexibility index (Phi) is 5.30. The van der Waals surface area contributed by atoms with Crippen LogP contribution in [0.25, 0.3) is 33.1 Å². The molecule has 0 bridgehead atoms. The smallest absolute Gasteiger partial charge is 0.497 e. The van der Waals surface area contributed by atoms with Gasteiger partial charge in [-0.1, -0.05) is 24.3 Å². The number of ether oxygens (including phenoxy) is 1. The molecule has 4 rings (SSSR count). The van der Waals surface area contributed by atoms with Crippen molar-refractivity contribution < 1.29 is 26.4 Å². The van der Waals surface area contributed by atoms with Crippen molar-refractivity contribution >= 4 is 29.0 Å². The van der Waals surface area contributed by atoms with Gasteiger partial charge >= 0.3 is 18.6 Å². The van der Waals surface area contributed by atoms with Crippen LogP contribution in [0.1, 0.15) is 0 Å². The molecule has 0 aliphatic heterocycles. The van der Waals surface area contributed by atoms with E-state index >= 15 is 0 Å². The summed E-state index contributed by atoms with van der Waals surface area (Å²) in [5.41, 5.74) is 1.93. The van der Waals surface area contributed by atoms with Gasteiger partial charge in [0.1, 0.15) is 5.75 Å². The summed E-state index contributed by atoms with van der Waals surface area (Å²) in [6.07, 6.45) is 0. The predicted molar refractivity (Wildman–Crippen MR) is 100 cm³/mol. The Morgan fingerprint density at radius 2 is 1.41 bits per heavy atom. The molecule has 0 saturated carbocycles. The molecule has 0 aliphatic rings. The molecule has 0 radical (unpaired) electrons. The molecule has 7 heteroatoms. The van der Waals surface area contributed by atoms with Crippen molar-refractivity contribution in [2.24, 2.45) is 0 Å². The molecule has 4 aromatic rings. The van der Waals surface area contributed by atoms with E-state index in [9.17, 15) is 17.3 Å². The molecule has 1 aromatic heterocycles. The quantitative estimate of drug-likeness (QED) is 0.166. The van der Waals surface area contributed by atoms with Gasteiger partial charge in [0, 0.05) is 12.1 Å². The number of halogens is 4. The molecule has 0 atom stereocenters. The second kappa shape index (κ2) is 7.66. The Labute approximate surface area is 153 Å². The van der Waals surface area contributed by atoms with Crippen molar-refractivity contribution in [1.29, 1.82) is 0 Å². The molecule has 0 unspecified atom stereocenters. The lowest BCUT2D eigenvalue weighted by molar-refractivity contribution is 0.368. The zero-order chi connectivity index (χ0) is 19.4. The molecule has 27 heavy (non-hydrogen) atoms. The van der Waals surface area contributed by atoms with E-state index in [2.05, 4.69) is 36.4 Å². The zero-order valence-electron chi connectivity index (χ0n) is 14.3. The standard InChI is InChI=1S/C20H15O2.BF4/c1-21-16-9-6-15(7-10-16)19-13-11-18-17-5-3-2-4-14(17)8-12-20(18)22-19;2-1(3,4)5/h2-13H,1H3;/q+1;-1. The average molecular weight is 374 g/mol. The Morgan fingerprint density at radius 1 is 0.741 bits per heavy atom. The number of hydrogen-bond acceptors (Lipinski definition) is 1. The normalized spacial score (nSPS) is 11.1. The molecular formula is C20H15BF4O2. The number of rotatable bonds is 2. The van der Waals surface area contributed by atoms with Crippen molar-refractivity contribution in [3.8, 4) is 17.1 Å². The monoisotopic (exact) mass is 374 g/mol.